The maximum absolute atomic E-state index is 9.93. The maximum Gasteiger partial charge on any atom is 0.185 e. The van der Waals surface area contributed by atoms with Crippen LogP contribution in [-0.2, 0) is 17.4 Å². The van der Waals surface area contributed by atoms with Crippen LogP contribution >= 0.6 is 0 Å². The Hall–Kier alpha value is -0.848. The summed E-state index contributed by atoms with van der Waals surface area (Å²) < 4.78 is 4.65. The van der Waals surface area contributed by atoms with Gasteiger partial charge in [-0.05, 0) is 12.1 Å². The van der Waals surface area contributed by atoms with Crippen molar-refractivity contribution in [2.24, 2.45) is 0 Å². The van der Waals surface area contributed by atoms with Gasteiger partial charge in [0, 0.05) is 17.4 Å². The summed E-state index contributed by atoms with van der Waals surface area (Å²) in [5.41, 5.74) is 0. The smallest absolute Gasteiger partial charge is 0.185 e. The number of hydrogen-bond donors (Lipinski definition) is 0. The van der Waals surface area contributed by atoms with Crippen molar-refractivity contribution in [3.05, 3.63) is 23.7 Å². The molecule has 1 rings (SSSR count). The molecule has 4 heteroatoms. The predicted molar refractivity (Wildman–Crippen MR) is 29.5 cm³/mol. The Bertz CT molecular complexity index is 206. The van der Waals surface area contributed by atoms with Gasteiger partial charge in [0.1, 0.15) is 0 Å². The second kappa shape index (κ2) is 4.05. The van der Waals surface area contributed by atoms with Gasteiger partial charge in [0.25, 0.3) is 0 Å². The molecule has 0 aromatic carbocycles. The van der Waals surface area contributed by atoms with Crippen LogP contribution in [-0.4, -0.2) is 12.6 Å². The van der Waals surface area contributed by atoms with Crippen molar-refractivity contribution >= 4 is 12.6 Å². The third kappa shape index (κ3) is 1.83. The van der Waals surface area contributed by atoms with E-state index in [9.17, 15) is 9.59 Å². The average Bonchev–Trinajstić information content (AvgIpc) is 2.34. The summed E-state index contributed by atoms with van der Waals surface area (Å²) >= 11 is 0. The summed E-state index contributed by atoms with van der Waals surface area (Å²) in [5.74, 6) is 0.356. The molecule has 0 fully saturated rings. The van der Waals surface area contributed by atoms with Gasteiger partial charge in [-0.25, -0.2) is 0 Å². The molecular weight excluding hydrogens is 172 g/mol. The molecule has 1 aromatic heterocycles. The summed E-state index contributed by atoms with van der Waals surface area (Å²) in [7, 11) is 0. The molecule has 10 heavy (non-hydrogen) atoms. The molecule has 0 N–H and O–H groups in total. The standard InChI is InChI=1S/C6H4O3.Cr/c7-3-5-1-2-6(4-8)9-5;/h1-4H;. The Morgan fingerprint density at radius 2 is 1.50 bits per heavy atom. The Morgan fingerprint density at radius 3 is 1.70 bits per heavy atom. The molecule has 1 aromatic rings. The Kier molecular flexibility index (Phi) is 3.70. The molecule has 0 radical (unpaired) electrons. The van der Waals surface area contributed by atoms with E-state index < -0.39 is 0 Å². The van der Waals surface area contributed by atoms with Crippen LogP contribution in [0.2, 0.25) is 0 Å². The molecule has 0 atom stereocenters. The molecule has 0 amide bonds. The minimum atomic E-state index is 0. The third-order valence-corrected chi connectivity index (χ3v) is 0.880. The number of rotatable bonds is 2. The van der Waals surface area contributed by atoms with Gasteiger partial charge in [0.05, 0.1) is 0 Å². The average molecular weight is 176 g/mol. The summed E-state index contributed by atoms with van der Waals surface area (Å²) in [5, 5.41) is 0. The number of hydrogen-bond acceptors (Lipinski definition) is 3. The quantitative estimate of drug-likeness (QED) is 0.629. The van der Waals surface area contributed by atoms with Crippen LogP contribution in [0.3, 0.4) is 0 Å². The van der Waals surface area contributed by atoms with E-state index in [4.69, 9.17) is 0 Å². The fourth-order valence-corrected chi connectivity index (χ4v) is 0.495. The van der Waals surface area contributed by atoms with Crippen LogP contribution in [0.15, 0.2) is 16.5 Å². The van der Waals surface area contributed by atoms with Gasteiger partial charge in [-0.2, -0.15) is 0 Å². The van der Waals surface area contributed by atoms with Gasteiger partial charge >= 0.3 is 0 Å². The van der Waals surface area contributed by atoms with Crippen LogP contribution < -0.4 is 0 Å². The topological polar surface area (TPSA) is 47.3 Å². The number of furan rings is 1. The van der Waals surface area contributed by atoms with Crippen molar-refractivity contribution in [3.63, 3.8) is 0 Å². The molecule has 0 unspecified atom stereocenters. The number of aldehydes is 2. The molecule has 3 nitrogen and oxygen atoms in total. The Balaban J connectivity index is 0.000000810. The summed E-state index contributed by atoms with van der Waals surface area (Å²) in [6, 6.07) is 2.88. The van der Waals surface area contributed by atoms with Crippen molar-refractivity contribution in [2.45, 2.75) is 0 Å². The van der Waals surface area contributed by atoms with E-state index >= 15 is 0 Å². The van der Waals surface area contributed by atoms with Crippen molar-refractivity contribution in [1.29, 1.82) is 0 Å². The molecule has 0 saturated heterocycles. The Labute approximate surface area is 68.2 Å². The van der Waals surface area contributed by atoms with Crippen LogP contribution in [0.1, 0.15) is 21.1 Å². The van der Waals surface area contributed by atoms with Crippen LogP contribution in [0.25, 0.3) is 0 Å². The monoisotopic (exact) mass is 176 g/mol. The van der Waals surface area contributed by atoms with Gasteiger partial charge < -0.3 is 4.42 Å². The van der Waals surface area contributed by atoms with E-state index in [-0.39, 0.29) is 28.9 Å². The maximum atomic E-state index is 9.93. The van der Waals surface area contributed by atoms with Gasteiger partial charge in [0.2, 0.25) is 0 Å². The van der Waals surface area contributed by atoms with Gasteiger partial charge in [0.15, 0.2) is 24.1 Å². The van der Waals surface area contributed by atoms with Crippen LogP contribution in [0, 0.1) is 0 Å². The largest absolute Gasteiger partial charge is 0.450 e. The molecular formula is C6H4CrO3. The van der Waals surface area contributed by atoms with E-state index in [0.717, 1.165) is 0 Å². The second-order valence-electron chi connectivity index (χ2n) is 1.48. The van der Waals surface area contributed by atoms with Gasteiger partial charge in [-0.15, -0.1) is 0 Å². The first-order valence-corrected chi connectivity index (χ1v) is 2.37. The minimum Gasteiger partial charge on any atom is -0.450 e. The SMILES string of the molecule is O=Cc1ccc(C=O)o1.[Cr]. The molecule has 0 saturated carbocycles. The van der Waals surface area contributed by atoms with Crippen molar-refractivity contribution in [3.8, 4) is 0 Å². The zero-order valence-electron chi connectivity index (χ0n) is 4.94. The normalized spacial score (nSPS) is 8.00. The molecule has 0 aliphatic rings. The van der Waals surface area contributed by atoms with Crippen LogP contribution in [0.4, 0.5) is 0 Å². The zero-order valence-corrected chi connectivity index (χ0v) is 6.22. The summed E-state index contributed by atoms with van der Waals surface area (Å²) in [4.78, 5) is 19.9. The van der Waals surface area contributed by atoms with E-state index in [0.29, 0.717) is 12.6 Å². The summed E-state index contributed by atoms with van der Waals surface area (Å²) in [6.07, 6.45) is 1.10. The van der Waals surface area contributed by atoms with Gasteiger partial charge in [-0.3, -0.25) is 9.59 Å². The van der Waals surface area contributed by atoms with E-state index in [1.54, 1.807) is 0 Å². The molecule has 0 aliphatic heterocycles. The van der Waals surface area contributed by atoms with Crippen LogP contribution in [0.5, 0.6) is 0 Å². The van der Waals surface area contributed by atoms with Gasteiger partial charge in [-0.1, -0.05) is 0 Å². The van der Waals surface area contributed by atoms with Crippen molar-refractivity contribution in [2.75, 3.05) is 0 Å². The van der Waals surface area contributed by atoms with E-state index in [1.165, 1.54) is 12.1 Å². The molecule has 1 heterocycles. The fourth-order valence-electron chi connectivity index (χ4n) is 0.495. The van der Waals surface area contributed by atoms with E-state index in [2.05, 4.69) is 4.42 Å². The zero-order chi connectivity index (χ0) is 6.69. The number of carbonyl (C=O) groups is 2. The Morgan fingerprint density at radius 1 is 1.10 bits per heavy atom. The first kappa shape index (κ1) is 9.15. The molecule has 0 spiro atoms. The minimum absolute atomic E-state index is 0. The second-order valence-corrected chi connectivity index (χ2v) is 1.48. The van der Waals surface area contributed by atoms with Crippen molar-refractivity contribution in [1.82, 2.24) is 0 Å². The first-order valence-electron chi connectivity index (χ1n) is 2.37. The summed E-state index contributed by atoms with van der Waals surface area (Å²) in [6.45, 7) is 0. The van der Waals surface area contributed by atoms with Crippen molar-refractivity contribution < 1.29 is 31.4 Å². The fraction of sp³-hybridized carbons (Fsp3) is 0. The predicted octanol–water partition coefficient (Wildman–Crippen LogP) is 0.902. The van der Waals surface area contributed by atoms with E-state index in [1.807, 2.05) is 0 Å². The first-order chi connectivity index (χ1) is 4.36. The molecule has 52 valence electrons. The number of carbonyl (C=O) groups excluding carboxylic acids is 2. The third-order valence-electron chi connectivity index (χ3n) is 0.880. The molecule has 0 aliphatic carbocycles. The molecule has 0 bridgehead atoms.